The number of oxazole rings is 1. The largest absolute Gasteiger partial charge is 0.466 e. The van der Waals surface area contributed by atoms with E-state index >= 15 is 0 Å². The van der Waals surface area contributed by atoms with Crippen molar-refractivity contribution in [1.82, 2.24) is 0 Å². The van der Waals surface area contributed by atoms with Crippen molar-refractivity contribution in [2.45, 2.75) is 39.2 Å². The maximum atomic E-state index is 13.2. The van der Waals surface area contributed by atoms with Crippen LogP contribution in [0.15, 0.2) is 59.6 Å². The average Bonchev–Trinajstić information content (AvgIpc) is 3.36. The Balaban J connectivity index is 2.41. The number of hydrogen-bond acceptors (Lipinski definition) is 9. The number of ketones is 4. The third-order valence-corrected chi connectivity index (χ3v) is 5.48. The first-order valence-electron chi connectivity index (χ1n) is 11.3. The van der Waals surface area contributed by atoms with Crippen LogP contribution in [0.5, 0.6) is 0 Å². The van der Waals surface area contributed by atoms with E-state index in [4.69, 9.17) is 4.42 Å². The van der Waals surface area contributed by atoms with Crippen LogP contribution in [0.3, 0.4) is 0 Å². The van der Waals surface area contributed by atoms with Gasteiger partial charge in [-0.2, -0.15) is 4.57 Å². The van der Waals surface area contributed by atoms with Crippen LogP contribution in [0.25, 0.3) is 0 Å². The van der Waals surface area contributed by atoms with E-state index in [2.05, 4.69) is 9.47 Å². The Morgan fingerprint density at radius 1 is 0.838 bits per heavy atom. The van der Waals surface area contributed by atoms with Gasteiger partial charge in [0.2, 0.25) is 17.3 Å². The summed E-state index contributed by atoms with van der Waals surface area (Å²) >= 11 is 0. The van der Waals surface area contributed by atoms with Gasteiger partial charge < -0.3 is 13.9 Å². The molecule has 0 spiro atoms. The van der Waals surface area contributed by atoms with Gasteiger partial charge in [0.15, 0.2) is 12.8 Å². The number of Topliss-reactive ketones (excluding diaryl/α,β-unsaturated/α-hetero) is 2. The summed E-state index contributed by atoms with van der Waals surface area (Å²) in [6.07, 6.45) is 5.76. The molecule has 10 heteroatoms. The van der Waals surface area contributed by atoms with Crippen molar-refractivity contribution in [3.05, 3.63) is 77.5 Å². The van der Waals surface area contributed by atoms with Crippen LogP contribution < -0.4 is 4.57 Å². The minimum atomic E-state index is -0.950. The van der Waals surface area contributed by atoms with E-state index in [9.17, 15) is 28.8 Å². The van der Waals surface area contributed by atoms with Gasteiger partial charge in [0.25, 0.3) is 11.5 Å². The van der Waals surface area contributed by atoms with E-state index in [1.807, 2.05) is 13.8 Å². The van der Waals surface area contributed by atoms with Crippen molar-refractivity contribution < 1.29 is 47.2 Å². The molecular weight excluding hydrogens is 482 g/mol. The smallest absolute Gasteiger partial charge is 0.335 e. The van der Waals surface area contributed by atoms with Crippen molar-refractivity contribution in [2.75, 3.05) is 14.2 Å². The molecule has 1 aromatic carbocycles. The highest BCUT2D eigenvalue weighted by atomic mass is 16.5. The monoisotopic (exact) mass is 510 g/mol. The minimum Gasteiger partial charge on any atom is -0.466 e. The van der Waals surface area contributed by atoms with Crippen molar-refractivity contribution in [3.8, 4) is 0 Å². The molecule has 194 valence electrons. The third-order valence-electron chi connectivity index (χ3n) is 5.48. The molecule has 10 nitrogen and oxygen atoms in total. The van der Waals surface area contributed by atoms with Crippen LogP contribution in [-0.4, -0.2) is 49.3 Å². The highest BCUT2D eigenvalue weighted by Crippen LogP contribution is 2.29. The van der Waals surface area contributed by atoms with Crippen LogP contribution in [0, 0.1) is 0 Å². The molecule has 0 saturated carbocycles. The standard InChI is InChI=1S/C27H28NO9/c1-16(2)18-7-6-8-19(25(18)27(34)22(30)10-12-24(32)36-5)17(3)13-28-15-37-14-20(28)26(33)21(29)9-11-23(31)35-4/h6-12,14-17H,13H2,1-5H3/q+1/b11-9+,12-10+. The number of benzene rings is 1. The molecule has 0 bridgehead atoms. The molecule has 1 atom stereocenters. The number of allylic oxidation sites excluding steroid dienone is 2. The molecule has 37 heavy (non-hydrogen) atoms. The van der Waals surface area contributed by atoms with E-state index in [0.717, 1.165) is 44.8 Å². The van der Waals surface area contributed by atoms with Gasteiger partial charge in [-0.25, -0.2) is 9.59 Å². The van der Waals surface area contributed by atoms with E-state index in [1.165, 1.54) is 11.0 Å². The summed E-state index contributed by atoms with van der Waals surface area (Å²) in [5.41, 5.74) is 1.33. The molecule has 1 unspecified atom stereocenters. The Kier molecular flexibility index (Phi) is 10.1. The van der Waals surface area contributed by atoms with Crippen LogP contribution in [0.2, 0.25) is 0 Å². The summed E-state index contributed by atoms with van der Waals surface area (Å²) in [5.74, 6) is -5.59. The van der Waals surface area contributed by atoms with Gasteiger partial charge in [0, 0.05) is 23.6 Å². The lowest BCUT2D eigenvalue weighted by Crippen LogP contribution is -2.41. The molecule has 0 amide bonds. The molecular formula is C27H28NO9+. The Labute approximate surface area is 213 Å². The second kappa shape index (κ2) is 13.0. The molecule has 0 fully saturated rings. The van der Waals surface area contributed by atoms with Gasteiger partial charge in [0.05, 0.1) is 14.2 Å². The van der Waals surface area contributed by atoms with E-state index < -0.39 is 41.0 Å². The second-order valence-corrected chi connectivity index (χ2v) is 8.36. The molecule has 2 rings (SSSR count). The maximum absolute atomic E-state index is 13.2. The number of carbonyl (C=O) groups is 6. The number of methoxy groups -OCH3 is 2. The summed E-state index contributed by atoms with van der Waals surface area (Å²) in [6, 6.07) is 5.21. The summed E-state index contributed by atoms with van der Waals surface area (Å²) in [4.78, 5) is 73.2. The first-order chi connectivity index (χ1) is 17.5. The van der Waals surface area contributed by atoms with Gasteiger partial charge >= 0.3 is 18.3 Å². The zero-order chi connectivity index (χ0) is 27.7. The van der Waals surface area contributed by atoms with Crippen molar-refractivity contribution in [2.24, 2.45) is 0 Å². The second-order valence-electron chi connectivity index (χ2n) is 8.36. The summed E-state index contributed by atoms with van der Waals surface area (Å²) in [7, 11) is 2.29. The van der Waals surface area contributed by atoms with Crippen molar-refractivity contribution >= 4 is 35.1 Å². The molecule has 0 saturated heterocycles. The van der Waals surface area contributed by atoms with Gasteiger partial charge in [-0.3, -0.25) is 19.2 Å². The Morgan fingerprint density at radius 2 is 1.38 bits per heavy atom. The lowest BCUT2D eigenvalue weighted by molar-refractivity contribution is -0.703. The van der Waals surface area contributed by atoms with Gasteiger partial charge in [0.1, 0.15) is 0 Å². The quantitative estimate of drug-likeness (QED) is 0.139. The molecule has 0 aliphatic heterocycles. The zero-order valence-corrected chi connectivity index (χ0v) is 21.2. The Hall–Kier alpha value is -4.47. The average molecular weight is 511 g/mol. The summed E-state index contributed by atoms with van der Waals surface area (Å²) in [6.45, 7) is 5.67. The highest BCUT2D eigenvalue weighted by molar-refractivity contribution is 6.48. The molecule has 2 aromatic rings. The van der Waals surface area contributed by atoms with Gasteiger partial charge in [-0.1, -0.05) is 39.0 Å². The number of nitrogens with zero attached hydrogens (tertiary/aromatic N) is 1. The van der Waals surface area contributed by atoms with Gasteiger partial charge in [-0.15, -0.1) is 0 Å². The zero-order valence-electron chi connectivity index (χ0n) is 21.2. The van der Waals surface area contributed by atoms with Gasteiger partial charge in [-0.05, 0) is 29.2 Å². The fraction of sp³-hybridized carbons (Fsp3) is 0.296. The van der Waals surface area contributed by atoms with Crippen LogP contribution in [0.1, 0.15) is 64.6 Å². The topological polar surface area (TPSA) is 138 Å². The predicted molar refractivity (Wildman–Crippen MR) is 129 cm³/mol. The predicted octanol–water partition coefficient (Wildman–Crippen LogP) is 2.46. The lowest BCUT2D eigenvalue weighted by Gasteiger charge is -2.18. The molecule has 1 heterocycles. The Bertz CT molecular complexity index is 1280. The number of carbonyl (C=O) groups excluding carboxylic acids is 6. The lowest BCUT2D eigenvalue weighted by atomic mass is 9.85. The van der Waals surface area contributed by atoms with Crippen molar-refractivity contribution in [3.63, 3.8) is 0 Å². The molecule has 0 aliphatic carbocycles. The molecule has 0 N–H and O–H groups in total. The fourth-order valence-corrected chi connectivity index (χ4v) is 3.58. The first kappa shape index (κ1) is 28.8. The number of esters is 2. The molecule has 0 radical (unpaired) electrons. The molecule has 1 aromatic heterocycles. The van der Waals surface area contributed by atoms with E-state index in [-0.39, 0.29) is 23.7 Å². The highest BCUT2D eigenvalue weighted by Gasteiger charge is 2.31. The maximum Gasteiger partial charge on any atom is 0.335 e. The number of rotatable bonds is 12. The Morgan fingerprint density at radius 3 is 1.92 bits per heavy atom. The summed E-state index contributed by atoms with van der Waals surface area (Å²) in [5, 5.41) is 0. The van der Waals surface area contributed by atoms with Crippen LogP contribution in [-0.2, 0) is 35.2 Å². The minimum absolute atomic E-state index is 0.0589. The SMILES string of the molecule is COC(=O)/C=C/C(=O)C(=O)c1c(C(C)C)cccc1C(C)C[n+]1cocc1C(=O)C(=O)/C=C/C(=O)OC. The van der Waals surface area contributed by atoms with E-state index in [0.29, 0.717) is 11.1 Å². The number of hydrogen-bond donors (Lipinski definition) is 0. The number of ether oxygens (including phenoxy) is 2. The first-order valence-corrected chi connectivity index (χ1v) is 11.3. The van der Waals surface area contributed by atoms with E-state index in [1.54, 1.807) is 25.1 Å². The third kappa shape index (κ3) is 7.26. The van der Waals surface area contributed by atoms with Crippen molar-refractivity contribution in [1.29, 1.82) is 0 Å². The normalized spacial score (nSPS) is 12.1. The fourth-order valence-electron chi connectivity index (χ4n) is 3.58. The number of aromatic nitrogens is 1. The van der Waals surface area contributed by atoms with Crippen LogP contribution in [0.4, 0.5) is 0 Å². The summed E-state index contributed by atoms with van der Waals surface area (Å²) < 4.78 is 15.4. The molecule has 0 aliphatic rings. The van der Waals surface area contributed by atoms with Crippen LogP contribution >= 0.6 is 0 Å².